The molecular formula is C15H20N4O2. The van der Waals surface area contributed by atoms with Gasteiger partial charge in [0.25, 0.3) is 0 Å². The molecule has 2 N–H and O–H groups in total. The van der Waals surface area contributed by atoms with Gasteiger partial charge in [0.05, 0.1) is 13.2 Å². The highest BCUT2D eigenvalue weighted by atomic mass is 16.5. The van der Waals surface area contributed by atoms with Crippen LogP contribution in [0.5, 0.6) is 0 Å². The summed E-state index contributed by atoms with van der Waals surface area (Å²) >= 11 is 0. The summed E-state index contributed by atoms with van der Waals surface area (Å²) in [5.41, 5.74) is 1.06. The molecule has 2 aromatic rings. The molecule has 6 nitrogen and oxygen atoms in total. The molecule has 1 aromatic carbocycles. The molecule has 1 fully saturated rings. The number of nitrogens with zero attached hydrogens (tertiary/aromatic N) is 2. The number of benzene rings is 1. The lowest BCUT2D eigenvalue weighted by molar-refractivity contribution is 0.138. The minimum absolute atomic E-state index is 0.254. The lowest BCUT2D eigenvalue weighted by Crippen LogP contribution is -2.37. The van der Waals surface area contributed by atoms with E-state index in [1.165, 1.54) is 5.56 Å². The van der Waals surface area contributed by atoms with Gasteiger partial charge >= 0.3 is 5.69 Å². The number of rotatable bonds is 6. The van der Waals surface area contributed by atoms with Crippen LogP contribution >= 0.6 is 0 Å². The molecule has 0 spiro atoms. The smallest absolute Gasteiger partial charge is 0.340 e. The summed E-state index contributed by atoms with van der Waals surface area (Å²) in [4.78, 5) is 16.2. The summed E-state index contributed by atoms with van der Waals surface area (Å²) in [6.07, 6.45) is 2.01. The van der Waals surface area contributed by atoms with Gasteiger partial charge in [0.2, 0.25) is 0 Å². The van der Waals surface area contributed by atoms with Crippen molar-refractivity contribution in [2.75, 3.05) is 19.8 Å². The number of ether oxygens (including phenoxy) is 1. The predicted molar refractivity (Wildman–Crippen MR) is 79.0 cm³/mol. The zero-order chi connectivity index (χ0) is 14.5. The lowest BCUT2D eigenvalue weighted by Gasteiger charge is -2.26. The Bertz CT molecular complexity index is 601. The molecule has 6 heteroatoms. The molecule has 0 radical (unpaired) electrons. The molecule has 112 valence electrons. The first-order chi connectivity index (χ1) is 10.3. The van der Waals surface area contributed by atoms with Crippen molar-refractivity contribution in [1.29, 1.82) is 0 Å². The third kappa shape index (κ3) is 3.80. The van der Waals surface area contributed by atoms with Crippen LogP contribution < -0.4 is 5.69 Å². The minimum atomic E-state index is -0.254. The first kappa shape index (κ1) is 14.0. The molecule has 1 atom stereocenters. The van der Waals surface area contributed by atoms with Crippen LogP contribution in [0.3, 0.4) is 0 Å². The monoisotopic (exact) mass is 288 g/mol. The van der Waals surface area contributed by atoms with E-state index in [0.29, 0.717) is 18.4 Å². The average Bonchev–Trinajstić information content (AvgIpc) is 3.16. The third-order valence-corrected chi connectivity index (χ3v) is 3.86. The van der Waals surface area contributed by atoms with Crippen molar-refractivity contribution >= 4 is 0 Å². The van der Waals surface area contributed by atoms with Crippen LogP contribution in [0.2, 0.25) is 0 Å². The van der Waals surface area contributed by atoms with Gasteiger partial charge in [-0.15, -0.1) is 0 Å². The summed E-state index contributed by atoms with van der Waals surface area (Å²) in [7, 11) is 0. The van der Waals surface area contributed by atoms with Gasteiger partial charge in [0, 0.05) is 19.2 Å². The van der Waals surface area contributed by atoms with Crippen molar-refractivity contribution in [3.63, 3.8) is 0 Å². The number of nitrogens with one attached hydrogen (secondary N) is 2. The summed E-state index contributed by atoms with van der Waals surface area (Å²) in [6.45, 7) is 3.12. The maximum atomic E-state index is 11.2. The van der Waals surface area contributed by atoms with Gasteiger partial charge in [0.15, 0.2) is 0 Å². The maximum Gasteiger partial charge on any atom is 0.340 e. The largest absolute Gasteiger partial charge is 0.380 e. The van der Waals surface area contributed by atoms with E-state index >= 15 is 0 Å². The molecule has 0 amide bonds. The van der Waals surface area contributed by atoms with E-state index in [9.17, 15) is 4.79 Å². The Kier molecular flexibility index (Phi) is 4.47. The van der Waals surface area contributed by atoms with Crippen LogP contribution in [-0.4, -0.2) is 45.9 Å². The lowest BCUT2D eigenvalue weighted by atomic mass is 10.1. The summed E-state index contributed by atoms with van der Waals surface area (Å²) in [5.74, 6) is 0.681. The fourth-order valence-corrected chi connectivity index (χ4v) is 2.69. The van der Waals surface area contributed by atoms with Crippen LogP contribution in [0.1, 0.15) is 17.8 Å². The quantitative estimate of drug-likeness (QED) is 0.829. The first-order valence-corrected chi connectivity index (χ1v) is 7.30. The zero-order valence-corrected chi connectivity index (χ0v) is 11.9. The topological polar surface area (TPSA) is 74.0 Å². The maximum absolute atomic E-state index is 11.2. The normalized spacial score (nSPS) is 18.4. The van der Waals surface area contributed by atoms with Crippen molar-refractivity contribution in [3.8, 4) is 0 Å². The highest BCUT2D eigenvalue weighted by Gasteiger charge is 2.24. The Labute approximate surface area is 123 Å². The van der Waals surface area contributed by atoms with E-state index in [1.807, 2.05) is 6.07 Å². The molecule has 1 aromatic heterocycles. The van der Waals surface area contributed by atoms with Crippen molar-refractivity contribution in [1.82, 2.24) is 20.1 Å². The molecule has 1 aliphatic heterocycles. The van der Waals surface area contributed by atoms with E-state index < -0.39 is 0 Å². The molecule has 2 heterocycles. The molecule has 0 bridgehead atoms. The highest BCUT2D eigenvalue weighted by Crippen LogP contribution is 2.15. The fourth-order valence-electron chi connectivity index (χ4n) is 2.69. The van der Waals surface area contributed by atoms with Gasteiger partial charge in [-0.05, 0) is 18.4 Å². The third-order valence-electron chi connectivity index (χ3n) is 3.86. The van der Waals surface area contributed by atoms with E-state index in [2.05, 4.69) is 44.3 Å². The van der Waals surface area contributed by atoms with Crippen LogP contribution in [0, 0.1) is 0 Å². The number of hydrogen-bond donors (Lipinski definition) is 2. The van der Waals surface area contributed by atoms with Crippen molar-refractivity contribution in [2.24, 2.45) is 0 Å². The van der Waals surface area contributed by atoms with Gasteiger partial charge < -0.3 is 4.74 Å². The van der Waals surface area contributed by atoms with Crippen molar-refractivity contribution < 1.29 is 4.74 Å². The fraction of sp³-hybridized carbons (Fsp3) is 0.467. The Hall–Kier alpha value is -1.92. The summed E-state index contributed by atoms with van der Waals surface area (Å²) < 4.78 is 5.49. The van der Waals surface area contributed by atoms with Crippen LogP contribution in [0.15, 0.2) is 35.1 Å². The van der Waals surface area contributed by atoms with Crippen LogP contribution in [-0.2, 0) is 17.7 Å². The van der Waals surface area contributed by atoms with E-state index in [0.717, 1.165) is 32.6 Å². The number of hydrogen-bond acceptors (Lipinski definition) is 4. The molecule has 1 saturated heterocycles. The van der Waals surface area contributed by atoms with Crippen LogP contribution in [0.25, 0.3) is 0 Å². The second-order valence-corrected chi connectivity index (χ2v) is 5.35. The van der Waals surface area contributed by atoms with Gasteiger partial charge in [-0.25, -0.2) is 9.89 Å². The second kappa shape index (κ2) is 6.69. The highest BCUT2D eigenvalue weighted by molar-refractivity contribution is 5.15. The molecule has 1 aliphatic rings. The summed E-state index contributed by atoms with van der Waals surface area (Å²) in [6, 6.07) is 10.8. The Morgan fingerprint density at radius 3 is 2.86 bits per heavy atom. The van der Waals surface area contributed by atoms with Gasteiger partial charge in [0.1, 0.15) is 5.82 Å². The number of aromatic nitrogens is 3. The standard InChI is InChI=1S/C15H20N4O2/c20-15-16-14(17-18-15)10-19(13-7-9-21-11-13)8-6-12-4-2-1-3-5-12/h1-5,13H,6-11H2,(H2,16,17,18,20). The first-order valence-electron chi connectivity index (χ1n) is 7.30. The molecule has 1 unspecified atom stereocenters. The Balaban J connectivity index is 1.65. The Morgan fingerprint density at radius 2 is 2.19 bits per heavy atom. The predicted octanol–water partition coefficient (Wildman–Crippen LogP) is 0.932. The van der Waals surface area contributed by atoms with Crippen molar-refractivity contribution in [3.05, 3.63) is 52.2 Å². The molecule has 21 heavy (non-hydrogen) atoms. The van der Waals surface area contributed by atoms with Gasteiger partial charge in [-0.2, -0.15) is 5.10 Å². The molecule has 0 saturated carbocycles. The minimum Gasteiger partial charge on any atom is -0.380 e. The van der Waals surface area contributed by atoms with E-state index in [4.69, 9.17) is 4.74 Å². The molecule has 0 aliphatic carbocycles. The molecular weight excluding hydrogens is 268 g/mol. The van der Waals surface area contributed by atoms with Gasteiger partial charge in [-0.1, -0.05) is 30.3 Å². The number of aromatic amines is 2. The van der Waals surface area contributed by atoms with Crippen LogP contribution in [0.4, 0.5) is 0 Å². The van der Waals surface area contributed by atoms with Crippen molar-refractivity contribution in [2.45, 2.75) is 25.4 Å². The average molecular weight is 288 g/mol. The zero-order valence-electron chi connectivity index (χ0n) is 11.9. The Morgan fingerprint density at radius 1 is 1.33 bits per heavy atom. The van der Waals surface area contributed by atoms with E-state index in [-0.39, 0.29) is 5.69 Å². The summed E-state index contributed by atoms with van der Waals surface area (Å²) in [5, 5.41) is 6.43. The number of H-pyrrole nitrogens is 2. The SMILES string of the molecule is O=c1[nH]nc(CN(CCc2ccccc2)C2CCOC2)[nH]1. The molecule has 3 rings (SSSR count). The van der Waals surface area contributed by atoms with E-state index in [1.54, 1.807) is 0 Å². The van der Waals surface area contributed by atoms with Gasteiger partial charge in [-0.3, -0.25) is 9.88 Å². The second-order valence-electron chi connectivity index (χ2n) is 5.35.